The van der Waals surface area contributed by atoms with Crippen molar-refractivity contribution in [3.05, 3.63) is 0 Å². The second kappa shape index (κ2) is 6.22. The maximum Gasteiger partial charge on any atom is 0.491 e. The third-order valence-electron chi connectivity index (χ3n) is 1.56. The summed E-state index contributed by atoms with van der Waals surface area (Å²) in [6.45, 7) is 2.57. The van der Waals surface area contributed by atoms with Crippen LogP contribution in [0, 0.1) is 0 Å². The first-order chi connectivity index (χ1) is 8.34. The lowest BCUT2D eigenvalue weighted by atomic mass is 10.2. The maximum absolute atomic E-state index is 12.0. The fourth-order valence-electron chi connectivity index (χ4n) is 0.874. The molecule has 10 heteroatoms. The van der Waals surface area contributed by atoms with E-state index in [0.29, 0.717) is 0 Å². The molecule has 0 aromatic heterocycles. The van der Waals surface area contributed by atoms with E-state index < -0.39 is 42.9 Å². The van der Waals surface area contributed by atoms with Crippen LogP contribution in [0.25, 0.3) is 0 Å². The van der Waals surface area contributed by atoms with Crippen molar-refractivity contribution >= 4 is 11.8 Å². The molecule has 0 aliphatic heterocycles. The van der Waals surface area contributed by atoms with Gasteiger partial charge >= 0.3 is 18.3 Å². The zero-order valence-corrected chi connectivity index (χ0v) is 9.76. The van der Waals surface area contributed by atoms with E-state index in [0.717, 1.165) is 0 Å². The Morgan fingerprint density at radius 1 is 1.00 bits per heavy atom. The van der Waals surface area contributed by atoms with Crippen LogP contribution in [-0.2, 0) is 19.1 Å². The number of alkyl halides is 6. The molecule has 0 aromatic rings. The topological polar surface area (TPSA) is 52.6 Å². The Morgan fingerprint density at radius 2 is 1.47 bits per heavy atom. The van der Waals surface area contributed by atoms with Gasteiger partial charge < -0.3 is 9.47 Å². The van der Waals surface area contributed by atoms with Crippen molar-refractivity contribution in [2.45, 2.75) is 45.0 Å². The van der Waals surface area contributed by atoms with Crippen LogP contribution in [0.15, 0.2) is 0 Å². The van der Waals surface area contributed by atoms with Gasteiger partial charge in [-0.2, -0.15) is 26.3 Å². The molecular formula is C9H10F6O4. The van der Waals surface area contributed by atoms with E-state index in [-0.39, 0.29) is 0 Å². The summed E-state index contributed by atoms with van der Waals surface area (Å²) in [7, 11) is 0. The van der Waals surface area contributed by atoms with Crippen LogP contribution in [0.3, 0.4) is 0 Å². The predicted molar refractivity (Wildman–Crippen MR) is 47.8 cm³/mol. The Morgan fingerprint density at radius 3 is 1.79 bits per heavy atom. The van der Waals surface area contributed by atoms with Crippen LogP contribution in [-0.4, -0.2) is 36.5 Å². The summed E-state index contributed by atoms with van der Waals surface area (Å²) >= 11 is 0. The van der Waals surface area contributed by atoms with E-state index in [1.165, 1.54) is 13.8 Å². The van der Waals surface area contributed by atoms with E-state index in [1.54, 1.807) is 0 Å². The van der Waals surface area contributed by atoms with Gasteiger partial charge in [0.1, 0.15) is 0 Å². The van der Waals surface area contributed by atoms with Gasteiger partial charge in [0.05, 0.1) is 12.5 Å². The fraction of sp³-hybridized carbons (Fsp3) is 0.778. The first kappa shape index (κ1) is 17.7. The molecule has 0 saturated heterocycles. The molecular weight excluding hydrogens is 286 g/mol. The first-order valence-electron chi connectivity index (χ1n) is 4.87. The van der Waals surface area contributed by atoms with Crippen molar-refractivity contribution in [2.75, 3.05) is 0 Å². The molecule has 4 nitrogen and oxygen atoms in total. The van der Waals surface area contributed by atoms with Gasteiger partial charge in [-0.15, -0.1) is 0 Å². The molecule has 0 N–H and O–H groups in total. The third-order valence-corrected chi connectivity index (χ3v) is 1.56. The van der Waals surface area contributed by atoms with Gasteiger partial charge in [-0.05, 0) is 13.8 Å². The largest absolute Gasteiger partial charge is 0.491 e. The Labute approximate surface area is 103 Å². The monoisotopic (exact) mass is 296 g/mol. The molecule has 19 heavy (non-hydrogen) atoms. The molecule has 0 bridgehead atoms. The molecule has 0 aromatic carbocycles. The predicted octanol–water partition coefficient (Wildman–Crippen LogP) is 2.36. The average Bonchev–Trinajstić information content (AvgIpc) is 2.12. The summed E-state index contributed by atoms with van der Waals surface area (Å²) in [5.74, 6) is -5.08. The van der Waals surface area contributed by atoms with Crippen molar-refractivity contribution in [1.29, 1.82) is 0 Å². The number of carbonyl (C=O) groups is 2. The van der Waals surface area contributed by atoms with Crippen molar-refractivity contribution in [3.63, 3.8) is 0 Å². The minimum Gasteiger partial charge on any atom is -0.429 e. The Balaban J connectivity index is 4.75. The van der Waals surface area contributed by atoms with E-state index in [9.17, 15) is 35.9 Å². The van der Waals surface area contributed by atoms with Gasteiger partial charge in [0.15, 0.2) is 0 Å². The highest BCUT2D eigenvalue weighted by molar-refractivity contribution is 5.84. The number of esters is 1. The lowest BCUT2D eigenvalue weighted by molar-refractivity contribution is -0.233. The Bertz CT molecular complexity index is 305. The maximum atomic E-state index is 12.0. The highest BCUT2D eigenvalue weighted by atomic mass is 19.4. The van der Waals surface area contributed by atoms with Crippen LogP contribution in [0.5, 0.6) is 0 Å². The number of Topliss-reactive ketones (excluding diaryl/α,β-unsaturated/α-hetero) is 1. The Kier molecular flexibility index (Phi) is 5.79. The lowest BCUT2D eigenvalue weighted by Gasteiger charge is -2.21. The molecule has 0 rings (SSSR count). The number of carbonyl (C=O) groups excluding carboxylic acids is 2. The number of hydrogen-bond acceptors (Lipinski definition) is 4. The third kappa shape index (κ3) is 6.99. The van der Waals surface area contributed by atoms with Crippen LogP contribution in [0.1, 0.15) is 20.3 Å². The van der Waals surface area contributed by atoms with Crippen molar-refractivity contribution in [1.82, 2.24) is 0 Å². The molecule has 0 aliphatic carbocycles. The van der Waals surface area contributed by atoms with Crippen molar-refractivity contribution in [2.24, 2.45) is 0 Å². The average molecular weight is 296 g/mol. The summed E-state index contributed by atoms with van der Waals surface area (Å²) in [4.78, 5) is 21.1. The molecule has 112 valence electrons. The van der Waals surface area contributed by atoms with Crippen LogP contribution in [0.2, 0.25) is 0 Å². The highest BCUT2D eigenvalue weighted by Crippen LogP contribution is 2.23. The van der Waals surface area contributed by atoms with Gasteiger partial charge in [-0.3, -0.25) is 4.79 Å². The molecule has 0 aliphatic rings. The van der Waals surface area contributed by atoms with Gasteiger partial charge in [-0.1, -0.05) is 0 Å². The summed E-state index contributed by atoms with van der Waals surface area (Å²) < 4.78 is 79.7. The van der Waals surface area contributed by atoms with Gasteiger partial charge in [-0.25, -0.2) is 4.79 Å². The molecule has 1 atom stereocenters. The number of halogens is 6. The lowest BCUT2D eigenvalue weighted by Crippen LogP contribution is -2.36. The fourth-order valence-corrected chi connectivity index (χ4v) is 0.874. The Hall–Kier alpha value is -1.32. The van der Waals surface area contributed by atoms with E-state index in [1.807, 2.05) is 0 Å². The van der Waals surface area contributed by atoms with E-state index in [2.05, 4.69) is 9.47 Å². The minimum absolute atomic E-state index is 0.841. The van der Waals surface area contributed by atoms with Gasteiger partial charge in [0.2, 0.25) is 12.1 Å². The quantitative estimate of drug-likeness (QED) is 0.444. The minimum atomic E-state index is -5.39. The van der Waals surface area contributed by atoms with Crippen molar-refractivity contribution < 1.29 is 45.4 Å². The number of ketones is 1. The molecule has 0 spiro atoms. The summed E-state index contributed by atoms with van der Waals surface area (Å²) in [5.41, 5.74) is 0. The van der Waals surface area contributed by atoms with Gasteiger partial charge in [0.25, 0.3) is 0 Å². The first-order valence-corrected chi connectivity index (χ1v) is 4.87. The van der Waals surface area contributed by atoms with E-state index >= 15 is 0 Å². The van der Waals surface area contributed by atoms with Crippen LogP contribution in [0.4, 0.5) is 26.3 Å². The molecule has 0 saturated carbocycles. The van der Waals surface area contributed by atoms with E-state index in [4.69, 9.17) is 0 Å². The molecule has 0 amide bonds. The van der Waals surface area contributed by atoms with Crippen LogP contribution < -0.4 is 0 Å². The standard InChI is InChI=1S/C9H10F6O4/c1-4(2)18-6(3-5(16)8(10,11)12)19-7(17)9(13,14)15/h4,6H,3H2,1-2H3. The number of ether oxygens (including phenoxy) is 2. The second-order valence-electron chi connectivity index (χ2n) is 3.64. The van der Waals surface area contributed by atoms with Gasteiger partial charge in [0, 0.05) is 0 Å². The zero-order chi connectivity index (χ0) is 15.4. The number of rotatable bonds is 5. The molecule has 0 radical (unpaired) electrons. The SMILES string of the molecule is CC(C)OC(CC(=O)C(F)(F)F)OC(=O)C(F)(F)F. The molecule has 0 heterocycles. The molecule has 0 fully saturated rings. The normalized spacial score (nSPS) is 14.4. The van der Waals surface area contributed by atoms with Crippen LogP contribution >= 0.6 is 0 Å². The number of hydrogen-bond donors (Lipinski definition) is 0. The zero-order valence-electron chi connectivity index (χ0n) is 9.76. The smallest absolute Gasteiger partial charge is 0.429 e. The second-order valence-corrected chi connectivity index (χ2v) is 3.64. The summed E-state index contributed by atoms with van der Waals surface area (Å²) in [6.07, 6.45) is -15.3. The highest BCUT2D eigenvalue weighted by Gasteiger charge is 2.45. The summed E-state index contributed by atoms with van der Waals surface area (Å²) in [5, 5.41) is 0. The van der Waals surface area contributed by atoms with Crippen molar-refractivity contribution in [3.8, 4) is 0 Å². The molecule has 1 unspecified atom stereocenters. The summed E-state index contributed by atoms with van der Waals surface area (Å²) in [6, 6.07) is 0.